The predicted octanol–water partition coefficient (Wildman–Crippen LogP) is 6.73. The first kappa shape index (κ1) is 30.3. The number of fused-ring (bicyclic) bond motifs is 1. The standard InChI is InChI=1S/C37H44N4O2/c1-24(2)33(36(42)39-34-26(4)21-25(3)22-27(34)5)38-23-31-29-15-10-11-16-30(29)37(43)41(20-18-28-13-8-7-9-14-28)35(31)32-17-12-19-40(32)6/h7-17,19,21-22,24,31,33,35,38H,18,20,23H2,1-6H3,(H,39,42). The second-order valence-electron chi connectivity index (χ2n) is 12.3. The Bertz CT molecular complexity index is 1570. The molecule has 0 fully saturated rings. The van der Waals surface area contributed by atoms with E-state index in [0.29, 0.717) is 13.1 Å². The van der Waals surface area contributed by atoms with Gasteiger partial charge in [-0.05, 0) is 73.6 Å². The first-order chi connectivity index (χ1) is 20.7. The number of rotatable bonds is 10. The van der Waals surface area contributed by atoms with Crippen LogP contribution in [0.15, 0.2) is 85.1 Å². The lowest BCUT2D eigenvalue weighted by molar-refractivity contribution is -0.119. The number of nitrogens with one attached hydrogen (secondary N) is 2. The molecule has 3 unspecified atom stereocenters. The molecule has 1 aromatic heterocycles. The molecule has 0 radical (unpaired) electrons. The van der Waals surface area contributed by atoms with Crippen molar-refractivity contribution in [1.82, 2.24) is 14.8 Å². The van der Waals surface area contributed by atoms with Gasteiger partial charge in [-0.2, -0.15) is 0 Å². The Labute approximate surface area is 256 Å². The van der Waals surface area contributed by atoms with Gasteiger partial charge in [0.25, 0.3) is 5.91 Å². The van der Waals surface area contributed by atoms with E-state index >= 15 is 0 Å². The highest BCUT2D eigenvalue weighted by Gasteiger charge is 2.41. The van der Waals surface area contributed by atoms with Crippen LogP contribution in [0.1, 0.15) is 69.7 Å². The van der Waals surface area contributed by atoms with Gasteiger partial charge in [-0.1, -0.05) is 80.1 Å². The molecule has 6 nitrogen and oxygen atoms in total. The lowest BCUT2D eigenvalue weighted by atomic mass is 9.80. The molecule has 1 aliphatic rings. The Balaban J connectivity index is 1.47. The zero-order chi connectivity index (χ0) is 30.7. The van der Waals surface area contributed by atoms with Crippen molar-refractivity contribution < 1.29 is 9.59 Å². The van der Waals surface area contributed by atoms with Gasteiger partial charge in [-0.25, -0.2) is 0 Å². The third kappa shape index (κ3) is 6.45. The largest absolute Gasteiger partial charge is 0.353 e. The topological polar surface area (TPSA) is 66.4 Å². The van der Waals surface area contributed by atoms with E-state index in [1.54, 1.807) is 0 Å². The van der Waals surface area contributed by atoms with Gasteiger partial charge in [-0.3, -0.25) is 9.59 Å². The first-order valence-corrected chi connectivity index (χ1v) is 15.3. The number of hydrogen-bond donors (Lipinski definition) is 2. The summed E-state index contributed by atoms with van der Waals surface area (Å²) in [6.45, 7) is 11.4. The fourth-order valence-corrected chi connectivity index (χ4v) is 6.65. The normalized spacial score (nSPS) is 17.2. The monoisotopic (exact) mass is 576 g/mol. The third-order valence-electron chi connectivity index (χ3n) is 8.77. The number of aryl methyl sites for hydroxylation is 4. The predicted molar refractivity (Wildman–Crippen MR) is 174 cm³/mol. The summed E-state index contributed by atoms with van der Waals surface area (Å²) in [7, 11) is 2.04. The molecule has 2 N–H and O–H groups in total. The van der Waals surface area contributed by atoms with Crippen molar-refractivity contribution in [2.24, 2.45) is 13.0 Å². The Morgan fingerprint density at radius 2 is 1.58 bits per heavy atom. The van der Waals surface area contributed by atoms with Crippen LogP contribution in [0.5, 0.6) is 0 Å². The van der Waals surface area contributed by atoms with E-state index < -0.39 is 6.04 Å². The van der Waals surface area contributed by atoms with Crippen LogP contribution in [0.3, 0.4) is 0 Å². The second-order valence-corrected chi connectivity index (χ2v) is 12.3. The van der Waals surface area contributed by atoms with Crippen LogP contribution in [0, 0.1) is 26.7 Å². The van der Waals surface area contributed by atoms with Crippen molar-refractivity contribution in [2.75, 3.05) is 18.4 Å². The molecule has 3 aromatic carbocycles. The summed E-state index contributed by atoms with van der Waals surface area (Å²) in [5.74, 6) is 0.0309. The van der Waals surface area contributed by atoms with Gasteiger partial charge >= 0.3 is 0 Å². The second kappa shape index (κ2) is 13.0. The fraction of sp³-hybridized carbons (Fsp3) is 0.351. The molecule has 2 amide bonds. The van der Waals surface area contributed by atoms with Gasteiger partial charge in [0.1, 0.15) is 0 Å². The van der Waals surface area contributed by atoms with Crippen molar-refractivity contribution in [2.45, 2.75) is 59.0 Å². The zero-order valence-corrected chi connectivity index (χ0v) is 26.2. The van der Waals surface area contributed by atoms with Crippen molar-refractivity contribution in [3.63, 3.8) is 0 Å². The molecule has 6 heteroatoms. The zero-order valence-electron chi connectivity index (χ0n) is 26.2. The van der Waals surface area contributed by atoms with Crippen molar-refractivity contribution in [3.8, 4) is 0 Å². The lowest BCUT2D eigenvalue weighted by Crippen LogP contribution is -2.50. The molecule has 4 aromatic rings. The van der Waals surface area contributed by atoms with Crippen LogP contribution in [0.4, 0.5) is 5.69 Å². The highest BCUT2D eigenvalue weighted by Crippen LogP contribution is 2.42. The number of carbonyl (C=O) groups excluding carboxylic acids is 2. The third-order valence-corrected chi connectivity index (χ3v) is 8.77. The van der Waals surface area contributed by atoms with Crippen LogP contribution >= 0.6 is 0 Å². The van der Waals surface area contributed by atoms with Gasteiger partial charge in [0.15, 0.2) is 0 Å². The summed E-state index contributed by atoms with van der Waals surface area (Å²) in [5.41, 5.74) is 8.23. The maximum Gasteiger partial charge on any atom is 0.254 e. The first-order valence-electron chi connectivity index (χ1n) is 15.3. The highest BCUT2D eigenvalue weighted by atomic mass is 16.2. The van der Waals surface area contributed by atoms with Gasteiger partial charge in [0.05, 0.1) is 12.1 Å². The van der Waals surface area contributed by atoms with Gasteiger partial charge < -0.3 is 20.1 Å². The van der Waals surface area contributed by atoms with E-state index in [9.17, 15) is 9.59 Å². The molecule has 0 saturated carbocycles. The van der Waals surface area contributed by atoms with Crippen LogP contribution in [0.25, 0.3) is 0 Å². The quantitative estimate of drug-likeness (QED) is 0.220. The van der Waals surface area contributed by atoms with E-state index in [1.807, 2.05) is 74.5 Å². The van der Waals surface area contributed by atoms with Gasteiger partial charge in [0, 0.05) is 49.2 Å². The van der Waals surface area contributed by atoms with Crippen LogP contribution in [-0.4, -0.2) is 40.4 Å². The Morgan fingerprint density at radius 3 is 2.23 bits per heavy atom. The summed E-state index contributed by atoms with van der Waals surface area (Å²) in [6, 6.07) is 26.1. The van der Waals surface area contributed by atoms with Crippen LogP contribution < -0.4 is 10.6 Å². The lowest BCUT2D eigenvalue weighted by Gasteiger charge is -2.43. The summed E-state index contributed by atoms with van der Waals surface area (Å²) >= 11 is 0. The molecule has 3 atom stereocenters. The number of benzene rings is 3. The van der Waals surface area contributed by atoms with Crippen LogP contribution in [-0.2, 0) is 18.3 Å². The van der Waals surface area contributed by atoms with E-state index in [1.165, 1.54) is 11.1 Å². The SMILES string of the molecule is Cc1cc(C)c(NC(=O)C(NCC2c3ccccc3C(=O)N(CCc3ccccc3)C2c2cccn2C)C(C)C)c(C)c1. The Morgan fingerprint density at radius 1 is 0.907 bits per heavy atom. The summed E-state index contributed by atoms with van der Waals surface area (Å²) in [5, 5.41) is 6.89. The van der Waals surface area contributed by atoms with E-state index in [0.717, 1.165) is 40.1 Å². The fourth-order valence-electron chi connectivity index (χ4n) is 6.65. The minimum atomic E-state index is -0.406. The summed E-state index contributed by atoms with van der Waals surface area (Å²) in [6.07, 6.45) is 2.80. The molecule has 0 aliphatic carbocycles. The number of aromatic nitrogens is 1. The molecule has 224 valence electrons. The average molecular weight is 577 g/mol. The molecule has 0 saturated heterocycles. The molecule has 1 aliphatic heterocycles. The van der Waals surface area contributed by atoms with Gasteiger partial charge in [0.2, 0.25) is 5.91 Å². The number of amides is 2. The van der Waals surface area contributed by atoms with Gasteiger partial charge in [-0.15, -0.1) is 0 Å². The van der Waals surface area contributed by atoms with Crippen molar-refractivity contribution >= 4 is 17.5 Å². The minimum Gasteiger partial charge on any atom is -0.353 e. The van der Waals surface area contributed by atoms with Crippen molar-refractivity contribution in [1.29, 1.82) is 0 Å². The van der Waals surface area contributed by atoms with E-state index in [-0.39, 0.29) is 29.7 Å². The molecule has 0 spiro atoms. The van der Waals surface area contributed by atoms with E-state index in [2.05, 4.69) is 72.4 Å². The molecular formula is C37H44N4O2. The number of nitrogens with zero attached hydrogens (tertiary/aromatic N) is 2. The number of hydrogen-bond acceptors (Lipinski definition) is 3. The summed E-state index contributed by atoms with van der Waals surface area (Å²) < 4.78 is 2.12. The Kier molecular flexibility index (Phi) is 9.16. The van der Waals surface area contributed by atoms with Crippen molar-refractivity contribution in [3.05, 3.63) is 124 Å². The minimum absolute atomic E-state index is 0.0402. The Hall–Kier alpha value is -4.16. The maximum atomic E-state index is 14.1. The average Bonchev–Trinajstić information content (AvgIpc) is 3.40. The smallest absolute Gasteiger partial charge is 0.254 e. The molecular weight excluding hydrogens is 532 g/mol. The highest BCUT2D eigenvalue weighted by molar-refractivity contribution is 5.98. The van der Waals surface area contributed by atoms with E-state index in [4.69, 9.17) is 0 Å². The molecule has 5 rings (SSSR count). The number of anilines is 1. The summed E-state index contributed by atoms with van der Waals surface area (Å²) in [4.78, 5) is 29.9. The van der Waals surface area contributed by atoms with Crippen LogP contribution in [0.2, 0.25) is 0 Å². The number of carbonyl (C=O) groups is 2. The molecule has 0 bridgehead atoms. The maximum absolute atomic E-state index is 14.1. The molecule has 2 heterocycles. The molecule has 43 heavy (non-hydrogen) atoms.